The second-order valence-corrected chi connectivity index (χ2v) is 8.26. The zero-order valence-electron chi connectivity index (χ0n) is 16.4. The number of aliphatic imine (C=N–C) groups is 1. The van der Waals surface area contributed by atoms with Crippen LogP contribution in [0.4, 0.5) is 14.6 Å². The molecule has 1 aliphatic carbocycles. The molecule has 7 nitrogen and oxygen atoms in total. The summed E-state index contributed by atoms with van der Waals surface area (Å²) in [4.78, 5) is 20.4. The van der Waals surface area contributed by atoms with E-state index in [1.54, 1.807) is 47.5 Å². The third kappa shape index (κ3) is 2.92. The van der Waals surface area contributed by atoms with E-state index in [2.05, 4.69) is 25.5 Å². The van der Waals surface area contributed by atoms with E-state index in [4.69, 9.17) is 11.6 Å². The predicted molar refractivity (Wildman–Crippen MR) is 118 cm³/mol. The van der Waals surface area contributed by atoms with E-state index in [-0.39, 0.29) is 17.4 Å². The van der Waals surface area contributed by atoms with E-state index in [0.29, 0.717) is 45.5 Å². The van der Waals surface area contributed by atoms with E-state index in [1.807, 2.05) is 0 Å². The quantitative estimate of drug-likeness (QED) is 0.467. The summed E-state index contributed by atoms with van der Waals surface area (Å²) in [5.74, 6) is -1.21. The van der Waals surface area contributed by atoms with Gasteiger partial charge < -0.3 is 9.72 Å². The number of allylic oxidation sites excluding steroid dienone is 1. The Labute approximate surface area is 184 Å². The normalized spacial score (nSPS) is 19.7. The number of H-pyrrole nitrogens is 1. The number of halogens is 3. The van der Waals surface area contributed by atoms with Crippen LogP contribution in [0.25, 0.3) is 33.3 Å². The van der Waals surface area contributed by atoms with E-state index < -0.39 is 17.9 Å². The van der Waals surface area contributed by atoms with Crippen LogP contribution in [0.1, 0.15) is 18.4 Å². The van der Waals surface area contributed by atoms with Crippen molar-refractivity contribution in [2.24, 2.45) is 10.9 Å². The number of imidazole rings is 1. The van der Waals surface area contributed by atoms with E-state index in [0.717, 1.165) is 5.57 Å². The predicted octanol–water partition coefficient (Wildman–Crippen LogP) is 4.78. The fourth-order valence-electron chi connectivity index (χ4n) is 4.06. The minimum absolute atomic E-state index is 0.0163. The van der Waals surface area contributed by atoms with Crippen molar-refractivity contribution in [3.8, 4) is 11.1 Å². The van der Waals surface area contributed by atoms with Crippen molar-refractivity contribution >= 4 is 51.7 Å². The molecule has 4 heterocycles. The zero-order valence-corrected chi connectivity index (χ0v) is 17.2. The third-order valence-electron chi connectivity index (χ3n) is 5.80. The number of aromatic amines is 1. The van der Waals surface area contributed by atoms with Gasteiger partial charge in [0.25, 0.3) is 0 Å². The molecule has 0 unspecified atom stereocenters. The van der Waals surface area contributed by atoms with Crippen molar-refractivity contribution in [3.63, 3.8) is 0 Å². The lowest BCUT2D eigenvalue weighted by atomic mass is 9.95. The smallest absolute Gasteiger partial charge is 0.231 e. The summed E-state index contributed by atoms with van der Waals surface area (Å²) in [6, 6.07) is 3.51. The SMILES string of the molecule is O=C(Nc1cn2cc(-c3c(Cl)c(F)c(C4=CN=CC4)c4[nH]ncc34)ccc2n1)[C@@H]1C[C@@H]1F. The van der Waals surface area contributed by atoms with Gasteiger partial charge in [-0.25, -0.2) is 13.8 Å². The Balaban J connectivity index is 1.44. The van der Waals surface area contributed by atoms with Gasteiger partial charge in [0.15, 0.2) is 11.6 Å². The van der Waals surface area contributed by atoms with Crippen LogP contribution < -0.4 is 5.32 Å². The molecular weight excluding hydrogens is 438 g/mol. The number of alkyl halides is 1. The van der Waals surface area contributed by atoms with Crippen LogP contribution >= 0.6 is 11.6 Å². The van der Waals surface area contributed by atoms with Gasteiger partial charge in [-0.15, -0.1) is 0 Å². The molecule has 6 rings (SSSR count). The Morgan fingerprint density at radius 3 is 2.88 bits per heavy atom. The number of fused-ring (bicyclic) bond motifs is 2. The van der Waals surface area contributed by atoms with Gasteiger partial charge in [0.05, 0.1) is 28.9 Å². The maximum absolute atomic E-state index is 15.4. The summed E-state index contributed by atoms with van der Waals surface area (Å²) in [7, 11) is 0. The molecule has 2 N–H and O–H groups in total. The lowest BCUT2D eigenvalue weighted by Crippen LogP contribution is -2.15. The molecular formula is C22H15ClF2N6O. The highest BCUT2D eigenvalue weighted by molar-refractivity contribution is 6.35. The van der Waals surface area contributed by atoms with Crippen molar-refractivity contribution in [1.29, 1.82) is 0 Å². The summed E-state index contributed by atoms with van der Waals surface area (Å²) >= 11 is 6.53. The fraction of sp³-hybridized carbons (Fsp3) is 0.182. The van der Waals surface area contributed by atoms with Gasteiger partial charge in [-0.1, -0.05) is 11.6 Å². The molecule has 4 aromatic rings. The minimum Gasteiger partial charge on any atom is -0.309 e. The molecule has 1 aromatic carbocycles. The van der Waals surface area contributed by atoms with Crippen molar-refractivity contribution in [3.05, 3.63) is 53.3 Å². The molecule has 160 valence electrons. The number of carbonyl (C=O) groups is 1. The number of nitrogens with zero attached hydrogens (tertiary/aromatic N) is 4. The van der Waals surface area contributed by atoms with E-state index in [1.165, 1.54) is 0 Å². The Bertz CT molecular complexity index is 1490. The van der Waals surface area contributed by atoms with Gasteiger partial charge in [0.2, 0.25) is 5.91 Å². The first-order valence-electron chi connectivity index (χ1n) is 10.0. The molecule has 1 fully saturated rings. The number of rotatable bonds is 4. The maximum Gasteiger partial charge on any atom is 0.231 e. The molecule has 2 atom stereocenters. The second kappa shape index (κ2) is 6.96. The van der Waals surface area contributed by atoms with Crippen LogP contribution in [0.2, 0.25) is 5.02 Å². The standard InChI is InChI=1S/C22H15ClF2N6O/c23-19-17(13-7-27-30-21(13)18(20(19)25)10-3-4-26-6-10)11-1-2-16-28-15(9-31(16)8-11)29-22(32)12-5-14(12)24/h1-2,4,6-9,12,14H,3,5H2,(H,27,30)(H,29,32)/t12-,14+/m1/s1. The molecule has 0 spiro atoms. The molecule has 1 amide bonds. The molecule has 2 aliphatic rings. The van der Waals surface area contributed by atoms with Crippen LogP contribution in [-0.2, 0) is 4.79 Å². The summed E-state index contributed by atoms with van der Waals surface area (Å²) in [5.41, 5.74) is 3.35. The van der Waals surface area contributed by atoms with Crippen LogP contribution in [-0.4, -0.2) is 37.9 Å². The number of pyridine rings is 1. The first-order chi connectivity index (χ1) is 15.5. The molecule has 1 saturated carbocycles. The first kappa shape index (κ1) is 19.1. The summed E-state index contributed by atoms with van der Waals surface area (Å²) < 4.78 is 30.2. The minimum atomic E-state index is -1.08. The Kier molecular flexibility index (Phi) is 4.16. The van der Waals surface area contributed by atoms with Gasteiger partial charge >= 0.3 is 0 Å². The molecule has 0 radical (unpaired) electrons. The molecule has 1 aliphatic heterocycles. The number of hydrogen-bond acceptors (Lipinski definition) is 4. The number of amides is 1. The van der Waals surface area contributed by atoms with Gasteiger partial charge in [0.1, 0.15) is 11.8 Å². The topological polar surface area (TPSA) is 87.4 Å². The molecule has 3 aromatic heterocycles. The van der Waals surface area contributed by atoms with Crippen molar-refractivity contribution in [2.75, 3.05) is 5.32 Å². The number of hydrogen-bond donors (Lipinski definition) is 2. The Morgan fingerprint density at radius 1 is 1.28 bits per heavy atom. The molecule has 0 bridgehead atoms. The zero-order chi connectivity index (χ0) is 22.0. The molecule has 10 heteroatoms. The van der Waals surface area contributed by atoms with Crippen LogP contribution in [0.5, 0.6) is 0 Å². The number of anilines is 1. The summed E-state index contributed by atoms with van der Waals surface area (Å²) in [5, 5.41) is 10.3. The average Bonchev–Trinajstić information content (AvgIpc) is 3.21. The highest BCUT2D eigenvalue weighted by Gasteiger charge is 2.43. The largest absolute Gasteiger partial charge is 0.309 e. The van der Waals surface area contributed by atoms with Crippen molar-refractivity contribution in [1.82, 2.24) is 19.6 Å². The Morgan fingerprint density at radius 2 is 2.12 bits per heavy atom. The Hall–Kier alpha value is -3.59. The number of carbonyl (C=O) groups excluding carboxylic acids is 1. The van der Waals surface area contributed by atoms with Gasteiger partial charge in [-0.05, 0) is 24.1 Å². The lowest BCUT2D eigenvalue weighted by molar-refractivity contribution is -0.117. The highest BCUT2D eigenvalue weighted by Crippen LogP contribution is 2.42. The molecule has 32 heavy (non-hydrogen) atoms. The van der Waals surface area contributed by atoms with Gasteiger partial charge in [-0.2, -0.15) is 5.10 Å². The number of aromatic nitrogens is 4. The third-order valence-corrected chi connectivity index (χ3v) is 6.15. The first-order valence-corrected chi connectivity index (χ1v) is 10.4. The summed E-state index contributed by atoms with van der Waals surface area (Å²) in [6.45, 7) is 0. The van der Waals surface area contributed by atoms with Crippen molar-refractivity contribution in [2.45, 2.75) is 19.0 Å². The van der Waals surface area contributed by atoms with Crippen LogP contribution in [0.15, 0.2) is 41.9 Å². The summed E-state index contributed by atoms with van der Waals surface area (Å²) in [6.07, 6.45) is 7.99. The van der Waals surface area contributed by atoms with E-state index in [9.17, 15) is 9.18 Å². The lowest BCUT2D eigenvalue weighted by Gasteiger charge is -2.13. The fourth-order valence-corrected chi connectivity index (χ4v) is 4.37. The maximum atomic E-state index is 15.4. The van der Waals surface area contributed by atoms with Crippen LogP contribution in [0.3, 0.4) is 0 Å². The average molecular weight is 453 g/mol. The monoisotopic (exact) mass is 452 g/mol. The van der Waals surface area contributed by atoms with Gasteiger partial charge in [-0.3, -0.25) is 14.9 Å². The molecule has 0 saturated heterocycles. The second-order valence-electron chi connectivity index (χ2n) is 7.88. The van der Waals surface area contributed by atoms with Crippen LogP contribution in [0, 0.1) is 11.7 Å². The van der Waals surface area contributed by atoms with E-state index >= 15 is 4.39 Å². The highest BCUT2D eigenvalue weighted by atomic mass is 35.5. The number of benzene rings is 1. The number of nitrogens with one attached hydrogen (secondary N) is 2. The van der Waals surface area contributed by atoms with Crippen molar-refractivity contribution < 1.29 is 13.6 Å². The van der Waals surface area contributed by atoms with Gasteiger partial charge in [0, 0.05) is 47.1 Å².